The first kappa shape index (κ1) is 15.9. The summed E-state index contributed by atoms with van der Waals surface area (Å²) in [6.45, 7) is 1.87. The van der Waals surface area contributed by atoms with Gasteiger partial charge < -0.3 is 10.1 Å². The lowest BCUT2D eigenvalue weighted by Crippen LogP contribution is -2.20. The number of benzene rings is 2. The van der Waals surface area contributed by atoms with Crippen LogP contribution in [0.25, 0.3) is 5.69 Å². The van der Waals surface area contributed by atoms with E-state index in [1.807, 2.05) is 31.2 Å². The average molecular weight is 344 g/mol. The second kappa shape index (κ2) is 7.10. The SMILES string of the molecule is Cc1ccc(OCC(=O)Nc2cc(-n3cnnn3)ccc2Cl)cc1. The Hall–Kier alpha value is -2.93. The van der Waals surface area contributed by atoms with Crippen molar-refractivity contribution in [3.8, 4) is 11.4 Å². The fourth-order valence-electron chi connectivity index (χ4n) is 2.00. The van der Waals surface area contributed by atoms with Crippen molar-refractivity contribution < 1.29 is 9.53 Å². The monoisotopic (exact) mass is 343 g/mol. The Kier molecular flexibility index (Phi) is 4.72. The van der Waals surface area contributed by atoms with Gasteiger partial charge >= 0.3 is 0 Å². The maximum atomic E-state index is 12.1. The summed E-state index contributed by atoms with van der Waals surface area (Å²) >= 11 is 6.12. The third kappa shape index (κ3) is 3.88. The van der Waals surface area contributed by atoms with Crippen LogP contribution in [0, 0.1) is 6.92 Å². The highest BCUT2D eigenvalue weighted by Crippen LogP contribution is 2.24. The minimum Gasteiger partial charge on any atom is -0.484 e. The van der Waals surface area contributed by atoms with Crippen LogP contribution < -0.4 is 10.1 Å². The first-order valence-electron chi connectivity index (χ1n) is 7.14. The van der Waals surface area contributed by atoms with E-state index in [4.69, 9.17) is 16.3 Å². The normalized spacial score (nSPS) is 10.4. The van der Waals surface area contributed by atoms with Crippen molar-refractivity contribution in [1.82, 2.24) is 20.2 Å². The third-order valence-corrected chi connectivity index (χ3v) is 3.56. The second-order valence-corrected chi connectivity index (χ2v) is 5.48. The number of carbonyl (C=O) groups excluding carboxylic acids is 1. The molecule has 0 saturated heterocycles. The van der Waals surface area contributed by atoms with Gasteiger partial charge in [0.25, 0.3) is 5.91 Å². The molecule has 0 saturated carbocycles. The number of nitrogens with zero attached hydrogens (tertiary/aromatic N) is 4. The van der Waals surface area contributed by atoms with Crippen molar-refractivity contribution in [1.29, 1.82) is 0 Å². The van der Waals surface area contributed by atoms with E-state index in [0.29, 0.717) is 22.1 Å². The molecule has 1 heterocycles. The van der Waals surface area contributed by atoms with Crippen molar-refractivity contribution in [2.24, 2.45) is 0 Å². The summed E-state index contributed by atoms with van der Waals surface area (Å²) in [7, 11) is 0. The van der Waals surface area contributed by atoms with Gasteiger partial charge in [0, 0.05) is 0 Å². The molecule has 0 aliphatic carbocycles. The molecule has 1 amide bonds. The van der Waals surface area contributed by atoms with Crippen LogP contribution in [0.1, 0.15) is 5.56 Å². The quantitative estimate of drug-likeness (QED) is 0.770. The Morgan fingerprint density at radius 3 is 2.75 bits per heavy atom. The van der Waals surface area contributed by atoms with Gasteiger partial charge in [0.2, 0.25) is 0 Å². The Labute approximate surface area is 143 Å². The highest BCUT2D eigenvalue weighted by molar-refractivity contribution is 6.33. The molecule has 24 heavy (non-hydrogen) atoms. The predicted molar refractivity (Wildman–Crippen MR) is 89.5 cm³/mol. The summed E-state index contributed by atoms with van der Waals surface area (Å²) < 4.78 is 6.91. The zero-order valence-electron chi connectivity index (χ0n) is 12.8. The smallest absolute Gasteiger partial charge is 0.262 e. The number of anilines is 1. The van der Waals surface area contributed by atoms with Gasteiger partial charge in [0.05, 0.1) is 16.4 Å². The number of aromatic nitrogens is 4. The number of aryl methyl sites for hydroxylation is 1. The van der Waals surface area contributed by atoms with Gasteiger partial charge in [-0.05, 0) is 47.7 Å². The van der Waals surface area contributed by atoms with Gasteiger partial charge in [0.15, 0.2) is 6.61 Å². The molecule has 0 fully saturated rings. The van der Waals surface area contributed by atoms with E-state index in [-0.39, 0.29) is 12.5 Å². The van der Waals surface area contributed by atoms with Crippen LogP contribution in [0.2, 0.25) is 5.02 Å². The lowest BCUT2D eigenvalue weighted by molar-refractivity contribution is -0.118. The molecule has 2 aromatic carbocycles. The van der Waals surface area contributed by atoms with Crippen LogP contribution in [0.3, 0.4) is 0 Å². The summed E-state index contributed by atoms with van der Waals surface area (Å²) in [5.41, 5.74) is 2.26. The molecule has 0 aliphatic heterocycles. The standard InChI is InChI=1S/C16H14ClN5O2/c1-11-2-5-13(6-3-11)24-9-16(23)19-15-8-12(4-7-14(15)17)22-10-18-20-21-22/h2-8,10H,9H2,1H3,(H,19,23). The van der Waals surface area contributed by atoms with Crippen molar-refractivity contribution in [3.63, 3.8) is 0 Å². The Balaban J connectivity index is 1.65. The van der Waals surface area contributed by atoms with Crippen LogP contribution in [-0.4, -0.2) is 32.7 Å². The minimum absolute atomic E-state index is 0.117. The number of hydrogen-bond acceptors (Lipinski definition) is 5. The molecular weight excluding hydrogens is 330 g/mol. The van der Waals surface area contributed by atoms with E-state index in [2.05, 4.69) is 20.8 Å². The van der Waals surface area contributed by atoms with E-state index in [1.165, 1.54) is 11.0 Å². The van der Waals surface area contributed by atoms with Crippen molar-refractivity contribution in [2.75, 3.05) is 11.9 Å². The Bertz CT molecular complexity index is 834. The Morgan fingerprint density at radius 1 is 1.25 bits per heavy atom. The molecule has 0 aliphatic rings. The number of nitrogens with one attached hydrogen (secondary N) is 1. The van der Waals surface area contributed by atoms with E-state index < -0.39 is 0 Å². The summed E-state index contributed by atoms with van der Waals surface area (Å²) in [5, 5.41) is 14.1. The summed E-state index contributed by atoms with van der Waals surface area (Å²) in [5.74, 6) is 0.315. The van der Waals surface area contributed by atoms with Gasteiger partial charge in [-0.15, -0.1) is 5.10 Å². The number of ether oxygens (including phenoxy) is 1. The van der Waals surface area contributed by atoms with Gasteiger partial charge in [0.1, 0.15) is 12.1 Å². The molecule has 8 heteroatoms. The first-order chi connectivity index (χ1) is 11.6. The van der Waals surface area contributed by atoms with Crippen molar-refractivity contribution in [3.05, 3.63) is 59.4 Å². The summed E-state index contributed by atoms with van der Waals surface area (Å²) in [4.78, 5) is 12.1. The number of tetrazole rings is 1. The molecule has 3 aromatic rings. The molecule has 0 radical (unpaired) electrons. The van der Waals surface area contributed by atoms with Gasteiger partial charge in [-0.2, -0.15) is 0 Å². The van der Waals surface area contributed by atoms with Crippen LogP contribution >= 0.6 is 11.6 Å². The summed E-state index contributed by atoms with van der Waals surface area (Å²) in [6.07, 6.45) is 1.45. The van der Waals surface area contributed by atoms with Crippen molar-refractivity contribution in [2.45, 2.75) is 6.92 Å². The molecule has 1 aromatic heterocycles. The zero-order chi connectivity index (χ0) is 16.9. The highest BCUT2D eigenvalue weighted by Gasteiger charge is 2.09. The van der Waals surface area contributed by atoms with Crippen LogP contribution in [-0.2, 0) is 4.79 Å². The number of halogens is 1. The maximum Gasteiger partial charge on any atom is 0.262 e. The second-order valence-electron chi connectivity index (χ2n) is 5.07. The molecule has 0 unspecified atom stereocenters. The van der Waals surface area contributed by atoms with E-state index >= 15 is 0 Å². The molecule has 0 spiro atoms. The van der Waals surface area contributed by atoms with Crippen LogP contribution in [0.4, 0.5) is 5.69 Å². The number of amides is 1. The largest absolute Gasteiger partial charge is 0.484 e. The lowest BCUT2D eigenvalue weighted by atomic mass is 10.2. The van der Waals surface area contributed by atoms with E-state index in [0.717, 1.165) is 5.56 Å². The molecular formula is C16H14ClN5O2. The first-order valence-corrected chi connectivity index (χ1v) is 7.52. The maximum absolute atomic E-state index is 12.1. The van der Waals surface area contributed by atoms with Crippen LogP contribution in [0.5, 0.6) is 5.75 Å². The van der Waals surface area contributed by atoms with Crippen LogP contribution in [0.15, 0.2) is 48.8 Å². The summed E-state index contributed by atoms with van der Waals surface area (Å²) in [6, 6.07) is 12.6. The van der Waals surface area contributed by atoms with E-state index in [1.54, 1.807) is 18.2 Å². The zero-order valence-corrected chi connectivity index (χ0v) is 13.6. The predicted octanol–water partition coefficient (Wildman–Crippen LogP) is 2.64. The number of carbonyl (C=O) groups is 1. The molecule has 0 atom stereocenters. The number of rotatable bonds is 5. The molecule has 0 bridgehead atoms. The van der Waals surface area contributed by atoms with Gasteiger partial charge in [-0.25, -0.2) is 4.68 Å². The fraction of sp³-hybridized carbons (Fsp3) is 0.125. The lowest BCUT2D eigenvalue weighted by Gasteiger charge is -2.10. The molecule has 3 rings (SSSR count). The van der Waals surface area contributed by atoms with E-state index in [9.17, 15) is 4.79 Å². The fourth-order valence-corrected chi connectivity index (χ4v) is 2.17. The van der Waals surface area contributed by atoms with Gasteiger partial charge in [-0.3, -0.25) is 4.79 Å². The average Bonchev–Trinajstić information content (AvgIpc) is 3.11. The topological polar surface area (TPSA) is 81.9 Å². The minimum atomic E-state index is -0.314. The third-order valence-electron chi connectivity index (χ3n) is 3.23. The molecule has 122 valence electrons. The molecule has 7 nitrogen and oxygen atoms in total. The number of hydrogen-bond donors (Lipinski definition) is 1. The highest BCUT2D eigenvalue weighted by atomic mass is 35.5. The van der Waals surface area contributed by atoms with Gasteiger partial charge in [-0.1, -0.05) is 29.3 Å². The Morgan fingerprint density at radius 2 is 2.04 bits per heavy atom. The molecule has 1 N–H and O–H groups in total. The van der Waals surface area contributed by atoms with Crippen molar-refractivity contribution >= 4 is 23.2 Å².